The van der Waals surface area contributed by atoms with Gasteiger partial charge in [-0.3, -0.25) is 4.68 Å². The molecule has 21 heavy (non-hydrogen) atoms. The van der Waals surface area contributed by atoms with Crippen LogP contribution in [0.15, 0.2) is 6.07 Å². The third kappa shape index (κ3) is 2.38. The number of hydrogen-bond acceptors (Lipinski definition) is 3. The van der Waals surface area contributed by atoms with E-state index in [1.165, 1.54) is 0 Å². The topological polar surface area (TPSA) is 64.3 Å². The van der Waals surface area contributed by atoms with Crippen molar-refractivity contribution in [2.75, 3.05) is 7.11 Å². The van der Waals surface area contributed by atoms with E-state index < -0.39 is 5.97 Å². The van der Waals surface area contributed by atoms with Gasteiger partial charge in [-0.15, -0.1) is 0 Å². The lowest BCUT2D eigenvalue weighted by molar-refractivity contribution is 0.0689. The van der Waals surface area contributed by atoms with Crippen LogP contribution in [0.3, 0.4) is 0 Å². The Bertz CT molecular complexity index is 706. The van der Waals surface area contributed by atoms with E-state index in [4.69, 9.17) is 21.4 Å². The Morgan fingerprint density at radius 3 is 2.38 bits per heavy atom. The van der Waals surface area contributed by atoms with E-state index in [2.05, 4.69) is 5.10 Å². The number of halogens is 1. The van der Waals surface area contributed by atoms with Gasteiger partial charge in [-0.1, -0.05) is 11.6 Å². The van der Waals surface area contributed by atoms with Gasteiger partial charge in [0.15, 0.2) is 5.69 Å². The van der Waals surface area contributed by atoms with Crippen LogP contribution in [-0.4, -0.2) is 28.0 Å². The van der Waals surface area contributed by atoms with Gasteiger partial charge < -0.3 is 9.84 Å². The maximum Gasteiger partial charge on any atom is 0.356 e. The Labute approximate surface area is 128 Å². The van der Waals surface area contributed by atoms with Crippen molar-refractivity contribution in [2.24, 2.45) is 7.05 Å². The van der Waals surface area contributed by atoms with Gasteiger partial charge in [0, 0.05) is 12.6 Å². The summed E-state index contributed by atoms with van der Waals surface area (Å²) < 4.78 is 6.91. The van der Waals surface area contributed by atoms with Crippen LogP contribution < -0.4 is 4.74 Å². The van der Waals surface area contributed by atoms with Crippen LogP contribution in [0, 0.1) is 20.8 Å². The molecule has 0 bridgehead atoms. The van der Waals surface area contributed by atoms with Crippen LogP contribution in [0.25, 0.3) is 11.3 Å². The average molecular weight is 309 g/mol. The fourth-order valence-corrected chi connectivity index (χ4v) is 2.83. The molecule has 1 heterocycles. The highest BCUT2D eigenvalue weighted by Gasteiger charge is 2.21. The summed E-state index contributed by atoms with van der Waals surface area (Å²) in [6.07, 6.45) is 0. The molecule has 0 aliphatic carbocycles. The molecular weight excluding hydrogens is 292 g/mol. The molecule has 0 radical (unpaired) electrons. The fraction of sp³-hybridized carbons (Fsp3) is 0.333. The molecule has 0 unspecified atom stereocenters. The first kappa shape index (κ1) is 15.4. The minimum Gasteiger partial charge on any atom is -0.495 e. The number of aryl methyl sites for hydroxylation is 1. The third-order valence-electron chi connectivity index (χ3n) is 3.74. The molecule has 0 saturated carbocycles. The highest BCUT2D eigenvalue weighted by molar-refractivity contribution is 6.33. The standard InChI is InChI=1S/C15H17ClN2O3/c1-7-8(2)14(21-5)13(16)9(3)12(7)11-6-10(15(19)20)17-18(11)4/h6H,1-5H3,(H,19,20). The number of rotatable bonds is 3. The quantitative estimate of drug-likeness (QED) is 0.944. The number of nitrogens with zero attached hydrogens (tertiary/aromatic N) is 2. The molecule has 1 aromatic heterocycles. The van der Waals surface area contributed by atoms with E-state index >= 15 is 0 Å². The van der Waals surface area contributed by atoms with Crippen molar-refractivity contribution in [3.63, 3.8) is 0 Å². The van der Waals surface area contributed by atoms with E-state index in [1.54, 1.807) is 24.9 Å². The number of benzene rings is 1. The van der Waals surface area contributed by atoms with Crippen LogP contribution in [0.2, 0.25) is 5.02 Å². The molecule has 6 heteroatoms. The maximum atomic E-state index is 11.1. The Kier molecular flexibility index (Phi) is 3.96. The number of aromatic carboxylic acids is 1. The van der Waals surface area contributed by atoms with E-state index in [0.29, 0.717) is 10.8 Å². The molecule has 0 amide bonds. The minimum atomic E-state index is -1.05. The lowest BCUT2D eigenvalue weighted by atomic mass is 9.94. The number of carbonyl (C=O) groups is 1. The Morgan fingerprint density at radius 2 is 1.90 bits per heavy atom. The second-order valence-corrected chi connectivity index (χ2v) is 5.32. The average Bonchev–Trinajstić information content (AvgIpc) is 2.80. The Balaban J connectivity index is 2.79. The van der Waals surface area contributed by atoms with Crippen molar-refractivity contribution in [1.29, 1.82) is 0 Å². The number of aromatic nitrogens is 2. The second-order valence-electron chi connectivity index (χ2n) is 4.94. The molecule has 0 fully saturated rings. The van der Waals surface area contributed by atoms with Crippen LogP contribution in [0.4, 0.5) is 0 Å². The molecule has 0 aliphatic rings. The first-order valence-corrected chi connectivity index (χ1v) is 6.78. The molecule has 2 rings (SSSR count). The molecule has 2 aromatic rings. The summed E-state index contributed by atoms with van der Waals surface area (Å²) in [6, 6.07) is 1.56. The summed E-state index contributed by atoms with van der Waals surface area (Å²) in [7, 11) is 3.30. The molecule has 1 N–H and O–H groups in total. The summed E-state index contributed by atoms with van der Waals surface area (Å²) in [6.45, 7) is 5.78. The maximum absolute atomic E-state index is 11.1. The largest absolute Gasteiger partial charge is 0.495 e. The number of ether oxygens (including phenoxy) is 1. The predicted octanol–water partition coefficient (Wildman–Crippen LogP) is 3.37. The van der Waals surface area contributed by atoms with Crippen LogP contribution in [0.1, 0.15) is 27.2 Å². The summed E-state index contributed by atoms with van der Waals surface area (Å²) in [5, 5.41) is 13.6. The highest BCUT2D eigenvalue weighted by Crippen LogP contribution is 2.41. The van der Waals surface area contributed by atoms with E-state index in [1.807, 2.05) is 20.8 Å². The van der Waals surface area contributed by atoms with Gasteiger partial charge in [0.25, 0.3) is 0 Å². The zero-order chi connectivity index (χ0) is 15.9. The van der Waals surface area contributed by atoms with Crippen molar-refractivity contribution in [1.82, 2.24) is 9.78 Å². The van der Waals surface area contributed by atoms with Crippen molar-refractivity contribution in [3.8, 4) is 17.0 Å². The smallest absolute Gasteiger partial charge is 0.356 e. The van der Waals surface area contributed by atoms with E-state index in [9.17, 15) is 4.79 Å². The molecule has 112 valence electrons. The fourth-order valence-electron chi connectivity index (χ4n) is 2.52. The van der Waals surface area contributed by atoms with Crippen molar-refractivity contribution in [3.05, 3.63) is 33.5 Å². The third-order valence-corrected chi connectivity index (χ3v) is 4.20. The summed E-state index contributed by atoms with van der Waals surface area (Å²) in [5.41, 5.74) is 4.39. The highest BCUT2D eigenvalue weighted by atomic mass is 35.5. The second kappa shape index (κ2) is 5.41. The molecule has 5 nitrogen and oxygen atoms in total. The number of carboxylic acids is 1. The molecule has 0 spiro atoms. The first-order valence-electron chi connectivity index (χ1n) is 6.40. The predicted molar refractivity (Wildman–Crippen MR) is 81.4 cm³/mol. The Morgan fingerprint density at radius 1 is 1.29 bits per heavy atom. The zero-order valence-electron chi connectivity index (χ0n) is 12.6. The van der Waals surface area contributed by atoms with Crippen LogP contribution in [0.5, 0.6) is 5.75 Å². The van der Waals surface area contributed by atoms with Crippen molar-refractivity contribution >= 4 is 17.6 Å². The van der Waals surface area contributed by atoms with Gasteiger partial charge in [-0.2, -0.15) is 5.10 Å². The lowest BCUT2D eigenvalue weighted by Gasteiger charge is -2.18. The molecule has 0 atom stereocenters. The van der Waals surface area contributed by atoms with Gasteiger partial charge >= 0.3 is 5.97 Å². The van der Waals surface area contributed by atoms with Crippen LogP contribution >= 0.6 is 11.6 Å². The van der Waals surface area contributed by atoms with Gasteiger partial charge in [0.2, 0.25) is 0 Å². The lowest BCUT2D eigenvalue weighted by Crippen LogP contribution is -2.02. The molecular formula is C15H17ClN2O3. The SMILES string of the molecule is COc1c(C)c(C)c(-c2cc(C(=O)O)nn2C)c(C)c1Cl. The normalized spacial score (nSPS) is 10.8. The zero-order valence-corrected chi connectivity index (χ0v) is 13.4. The van der Waals surface area contributed by atoms with Gasteiger partial charge in [0.05, 0.1) is 17.8 Å². The Hall–Kier alpha value is -2.01. The van der Waals surface area contributed by atoms with Gasteiger partial charge in [-0.25, -0.2) is 4.79 Å². The summed E-state index contributed by atoms with van der Waals surface area (Å²) in [4.78, 5) is 11.1. The van der Waals surface area contributed by atoms with E-state index in [-0.39, 0.29) is 5.69 Å². The molecule has 0 saturated heterocycles. The van der Waals surface area contributed by atoms with Gasteiger partial charge in [0.1, 0.15) is 5.75 Å². The van der Waals surface area contributed by atoms with Crippen molar-refractivity contribution < 1.29 is 14.6 Å². The molecule has 0 aliphatic heterocycles. The molecule has 1 aromatic carbocycles. The first-order chi connectivity index (χ1) is 9.79. The number of carboxylic acid groups (broad SMARTS) is 1. The summed E-state index contributed by atoms with van der Waals surface area (Å²) in [5.74, 6) is -0.403. The van der Waals surface area contributed by atoms with Gasteiger partial charge in [-0.05, 0) is 43.5 Å². The monoisotopic (exact) mass is 308 g/mol. The minimum absolute atomic E-state index is 0.0101. The number of methoxy groups -OCH3 is 1. The van der Waals surface area contributed by atoms with Crippen molar-refractivity contribution in [2.45, 2.75) is 20.8 Å². The van der Waals surface area contributed by atoms with E-state index in [0.717, 1.165) is 27.9 Å². The van der Waals surface area contributed by atoms with Crippen LogP contribution in [-0.2, 0) is 7.05 Å². The summed E-state index contributed by atoms with van der Waals surface area (Å²) >= 11 is 6.38. The number of hydrogen-bond donors (Lipinski definition) is 1.